The van der Waals surface area contributed by atoms with Gasteiger partial charge in [0.05, 0.1) is 24.0 Å². The zero-order valence-corrected chi connectivity index (χ0v) is 19.9. The molecular weight excluding hydrogens is 454 g/mol. The Morgan fingerprint density at radius 2 is 2.09 bits per heavy atom. The first-order valence-electron chi connectivity index (χ1n) is 10.9. The Balaban J connectivity index is 1.39. The first-order valence-corrected chi connectivity index (χ1v) is 12.4. The van der Waals surface area contributed by atoms with E-state index < -0.39 is 10.0 Å². The summed E-state index contributed by atoms with van der Waals surface area (Å²) in [4.78, 5) is 21.8. The van der Waals surface area contributed by atoms with Crippen LogP contribution in [0, 0.1) is 6.92 Å². The minimum atomic E-state index is -3.81. The number of amides is 1. The second-order valence-corrected chi connectivity index (χ2v) is 10.5. The van der Waals surface area contributed by atoms with Crippen LogP contribution in [0.15, 0.2) is 47.8 Å². The summed E-state index contributed by atoms with van der Waals surface area (Å²) in [6, 6.07) is 6.99. The maximum absolute atomic E-state index is 13.5. The topological polar surface area (TPSA) is 126 Å². The molecule has 2 N–H and O–H groups in total. The molecule has 0 saturated heterocycles. The molecule has 1 atom stereocenters. The molecule has 1 aliphatic rings. The number of pyridine rings is 2. The van der Waals surface area contributed by atoms with E-state index in [1.807, 2.05) is 25.1 Å². The zero-order valence-electron chi connectivity index (χ0n) is 19.1. The predicted molar refractivity (Wildman–Crippen MR) is 125 cm³/mol. The third kappa shape index (κ3) is 3.66. The van der Waals surface area contributed by atoms with Gasteiger partial charge in [0, 0.05) is 60.8 Å². The summed E-state index contributed by atoms with van der Waals surface area (Å²) in [6.07, 6.45) is 5.02. The molecule has 10 nitrogen and oxygen atoms in total. The van der Waals surface area contributed by atoms with Gasteiger partial charge in [-0.3, -0.25) is 19.9 Å². The molecule has 4 aromatic rings. The predicted octanol–water partition coefficient (Wildman–Crippen LogP) is 2.24. The first kappa shape index (κ1) is 22.2. The van der Waals surface area contributed by atoms with Crippen LogP contribution in [-0.4, -0.2) is 49.9 Å². The van der Waals surface area contributed by atoms with Crippen LogP contribution < -0.4 is 5.32 Å². The fourth-order valence-electron chi connectivity index (χ4n) is 4.45. The molecule has 0 aromatic carbocycles. The summed E-state index contributed by atoms with van der Waals surface area (Å²) < 4.78 is 30.1. The maximum Gasteiger partial charge on any atom is 0.268 e. The number of aromatic nitrogens is 5. The van der Waals surface area contributed by atoms with E-state index in [1.54, 1.807) is 37.1 Å². The Kier molecular flexibility index (Phi) is 5.45. The second-order valence-electron chi connectivity index (χ2n) is 8.56. The smallest absolute Gasteiger partial charge is 0.268 e. The van der Waals surface area contributed by atoms with E-state index in [-0.39, 0.29) is 35.5 Å². The number of carbonyl (C=O) groups excluding carboxylic acids is 1. The monoisotopic (exact) mass is 479 g/mol. The van der Waals surface area contributed by atoms with Gasteiger partial charge in [0.1, 0.15) is 10.6 Å². The van der Waals surface area contributed by atoms with E-state index in [0.29, 0.717) is 17.9 Å². The van der Waals surface area contributed by atoms with E-state index in [4.69, 9.17) is 0 Å². The van der Waals surface area contributed by atoms with E-state index in [1.165, 1.54) is 10.4 Å². The normalized spacial score (nSPS) is 16.5. The van der Waals surface area contributed by atoms with Gasteiger partial charge in [-0.15, -0.1) is 0 Å². The van der Waals surface area contributed by atoms with Crippen molar-refractivity contribution < 1.29 is 13.2 Å². The van der Waals surface area contributed by atoms with Crippen molar-refractivity contribution in [3.63, 3.8) is 0 Å². The standard InChI is InChI=1S/C23H25N7O3S/c1-14-12-30(13-16-10-27-28-22(14)16)34(32,33)21-9-20(29(3)15(21)2)23(31)26-11-19-17-5-4-7-24-18(17)6-8-25-19/h4-10,14H,11-13H2,1-3H3,(H,26,31)(H,27,28). The number of H-pyrrole nitrogens is 1. The highest BCUT2D eigenvalue weighted by molar-refractivity contribution is 7.89. The summed E-state index contributed by atoms with van der Waals surface area (Å²) in [7, 11) is -2.12. The van der Waals surface area contributed by atoms with Gasteiger partial charge in [-0.05, 0) is 31.2 Å². The largest absolute Gasteiger partial charge is 0.345 e. The first-order chi connectivity index (χ1) is 16.3. The minimum absolute atomic E-state index is 0.00417. The lowest BCUT2D eigenvalue weighted by Crippen LogP contribution is -2.37. The molecular formula is C23H25N7O3S. The van der Waals surface area contributed by atoms with E-state index in [0.717, 1.165) is 22.2 Å². The summed E-state index contributed by atoms with van der Waals surface area (Å²) in [5, 5.41) is 10.7. The molecule has 34 heavy (non-hydrogen) atoms. The number of nitrogens with one attached hydrogen (secondary N) is 2. The third-order valence-corrected chi connectivity index (χ3v) is 8.36. The number of fused-ring (bicyclic) bond motifs is 2. The Morgan fingerprint density at radius 1 is 1.26 bits per heavy atom. The van der Waals surface area contributed by atoms with Crippen molar-refractivity contribution in [3.05, 3.63) is 71.2 Å². The molecule has 0 saturated carbocycles. The van der Waals surface area contributed by atoms with Crippen LogP contribution >= 0.6 is 0 Å². The van der Waals surface area contributed by atoms with Crippen molar-refractivity contribution in [3.8, 4) is 0 Å². The molecule has 1 aliphatic heterocycles. The summed E-state index contributed by atoms with van der Waals surface area (Å²) >= 11 is 0. The molecule has 176 valence electrons. The third-order valence-electron chi connectivity index (χ3n) is 6.44. The van der Waals surface area contributed by atoms with Gasteiger partial charge in [-0.1, -0.05) is 6.92 Å². The van der Waals surface area contributed by atoms with Crippen molar-refractivity contribution in [1.82, 2.24) is 34.4 Å². The molecule has 11 heteroatoms. The van der Waals surface area contributed by atoms with Gasteiger partial charge in [0.15, 0.2) is 0 Å². The summed E-state index contributed by atoms with van der Waals surface area (Å²) in [5.41, 5.74) is 4.09. The van der Waals surface area contributed by atoms with Crippen LogP contribution in [0.5, 0.6) is 0 Å². The Bertz CT molecular complexity index is 1500. The molecule has 5 rings (SSSR count). The Hall–Kier alpha value is -3.57. The lowest BCUT2D eigenvalue weighted by molar-refractivity contribution is 0.0942. The molecule has 5 heterocycles. The number of carbonyl (C=O) groups is 1. The highest BCUT2D eigenvalue weighted by Crippen LogP contribution is 2.32. The van der Waals surface area contributed by atoms with Crippen molar-refractivity contribution in [2.45, 2.75) is 37.8 Å². The molecule has 0 radical (unpaired) electrons. The van der Waals surface area contributed by atoms with Crippen LogP contribution in [0.3, 0.4) is 0 Å². The van der Waals surface area contributed by atoms with Crippen LogP contribution in [0.1, 0.15) is 46.0 Å². The van der Waals surface area contributed by atoms with Crippen LogP contribution in [0.2, 0.25) is 0 Å². The molecule has 0 spiro atoms. The van der Waals surface area contributed by atoms with Gasteiger partial charge in [0.25, 0.3) is 5.91 Å². The van der Waals surface area contributed by atoms with Crippen molar-refractivity contribution in [1.29, 1.82) is 0 Å². The van der Waals surface area contributed by atoms with Crippen LogP contribution in [0.4, 0.5) is 0 Å². The molecule has 1 amide bonds. The number of rotatable bonds is 5. The van der Waals surface area contributed by atoms with Crippen molar-refractivity contribution in [2.24, 2.45) is 7.05 Å². The van der Waals surface area contributed by atoms with Gasteiger partial charge >= 0.3 is 0 Å². The average Bonchev–Trinajstić information content (AvgIpc) is 3.43. The summed E-state index contributed by atoms with van der Waals surface area (Å²) in [5.74, 6) is -0.380. The fourth-order valence-corrected chi connectivity index (χ4v) is 6.23. The second kappa shape index (κ2) is 8.33. The van der Waals surface area contributed by atoms with Crippen molar-refractivity contribution in [2.75, 3.05) is 6.54 Å². The lowest BCUT2D eigenvalue weighted by atomic mass is 10.0. The number of hydrogen-bond donors (Lipinski definition) is 2. The zero-order chi connectivity index (χ0) is 24.0. The van der Waals surface area contributed by atoms with E-state index in [9.17, 15) is 13.2 Å². The molecule has 0 bridgehead atoms. The minimum Gasteiger partial charge on any atom is -0.345 e. The highest BCUT2D eigenvalue weighted by Gasteiger charge is 2.35. The number of aromatic amines is 1. The van der Waals surface area contributed by atoms with Gasteiger partial charge < -0.3 is 9.88 Å². The van der Waals surface area contributed by atoms with Gasteiger partial charge in [-0.2, -0.15) is 9.40 Å². The molecule has 1 unspecified atom stereocenters. The van der Waals surface area contributed by atoms with E-state index >= 15 is 0 Å². The quantitative estimate of drug-likeness (QED) is 0.452. The van der Waals surface area contributed by atoms with Crippen LogP contribution in [-0.2, 0) is 30.2 Å². The summed E-state index contributed by atoms with van der Waals surface area (Å²) in [6.45, 7) is 4.45. The molecule has 0 fully saturated rings. The maximum atomic E-state index is 13.5. The molecule has 4 aromatic heterocycles. The Labute approximate surface area is 197 Å². The SMILES string of the molecule is Cc1c(S(=O)(=O)N2Cc3cn[nH]c3C(C)C2)cc(C(=O)NCc2nccc3ncccc23)n1C. The van der Waals surface area contributed by atoms with Gasteiger partial charge in [0.2, 0.25) is 10.0 Å². The lowest BCUT2D eigenvalue weighted by Gasteiger charge is -2.29. The number of nitrogens with zero attached hydrogens (tertiary/aromatic N) is 5. The average molecular weight is 480 g/mol. The number of sulfonamides is 1. The Morgan fingerprint density at radius 3 is 2.91 bits per heavy atom. The van der Waals surface area contributed by atoms with Crippen LogP contribution in [0.25, 0.3) is 10.9 Å². The van der Waals surface area contributed by atoms with E-state index in [2.05, 4.69) is 25.5 Å². The van der Waals surface area contributed by atoms with Gasteiger partial charge in [-0.25, -0.2) is 8.42 Å². The number of hydrogen-bond acceptors (Lipinski definition) is 6. The molecule has 0 aliphatic carbocycles. The highest BCUT2D eigenvalue weighted by atomic mass is 32.2. The van der Waals surface area contributed by atoms with Crippen molar-refractivity contribution >= 4 is 26.8 Å². The fraction of sp³-hybridized carbons (Fsp3) is 0.304.